The molecule has 1 aliphatic rings. The lowest BCUT2D eigenvalue weighted by molar-refractivity contribution is -0.143. The zero-order valence-electron chi connectivity index (χ0n) is 15.9. The van der Waals surface area contributed by atoms with Crippen LogP contribution in [0.15, 0.2) is 36.4 Å². The molecule has 1 aromatic carbocycles. The van der Waals surface area contributed by atoms with Crippen molar-refractivity contribution in [3.05, 3.63) is 47.7 Å². The molecule has 1 amide bonds. The normalized spacial score (nSPS) is 17.1. The number of pyridine rings is 1. The number of aromatic nitrogens is 3. The van der Waals surface area contributed by atoms with Gasteiger partial charge < -0.3 is 10.0 Å². The molecule has 1 N–H and O–H groups in total. The van der Waals surface area contributed by atoms with Crippen LogP contribution in [0.1, 0.15) is 35.3 Å². The van der Waals surface area contributed by atoms with Crippen molar-refractivity contribution < 1.29 is 14.7 Å². The number of nitrogens with zero attached hydrogens (tertiary/aromatic N) is 4. The summed E-state index contributed by atoms with van der Waals surface area (Å²) in [5, 5.41) is 14.7. The van der Waals surface area contributed by atoms with Gasteiger partial charge in [-0.25, -0.2) is 9.78 Å². The van der Waals surface area contributed by atoms with Crippen molar-refractivity contribution in [3.63, 3.8) is 0 Å². The van der Waals surface area contributed by atoms with Crippen LogP contribution in [0.4, 0.5) is 0 Å². The lowest BCUT2D eigenvalue weighted by atomic mass is 9.99. The van der Waals surface area contributed by atoms with Crippen LogP contribution < -0.4 is 0 Å². The minimum Gasteiger partial charge on any atom is -0.480 e. The molecule has 0 radical (unpaired) electrons. The van der Waals surface area contributed by atoms with Gasteiger partial charge in [0, 0.05) is 19.2 Å². The van der Waals surface area contributed by atoms with E-state index in [4.69, 9.17) is 4.98 Å². The van der Waals surface area contributed by atoms with Crippen LogP contribution in [-0.2, 0) is 11.8 Å². The highest BCUT2D eigenvalue weighted by Crippen LogP contribution is 2.29. The fourth-order valence-electron chi connectivity index (χ4n) is 3.96. The molecule has 0 aliphatic carbocycles. The van der Waals surface area contributed by atoms with Crippen molar-refractivity contribution in [2.45, 2.75) is 32.2 Å². The second-order valence-corrected chi connectivity index (χ2v) is 7.18. The molecule has 7 heteroatoms. The summed E-state index contributed by atoms with van der Waals surface area (Å²) in [6, 6.07) is 10.6. The quantitative estimate of drug-likeness (QED) is 0.757. The van der Waals surface area contributed by atoms with E-state index in [9.17, 15) is 14.7 Å². The highest BCUT2D eigenvalue weighted by atomic mass is 16.4. The average molecular weight is 378 g/mol. The molecule has 1 aliphatic heterocycles. The molecule has 7 nitrogen and oxygen atoms in total. The Labute approximate surface area is 162 Å². The van der Waals surface area contributed by atoms with Crippen molar-refractivity contribution >= 4 is 22.9 Å². The first-order valence-electron chi connectivity index (χ1n) is 9.41. The van der Waals surface area contributed by atoms with E-state index in [0.717, 1.165) is 18.4 Å². The highest BCUT2D eigenvalue weighted by Gasteiger charge is 2.34. The Hall–Kier alpha value is -3.22. The fourth-order valence-corrected chi connectivity index (χ4v) is 3.96. The lowest BCUT2D eigenvalue weighted by Gasteiger charge is -2.33. The number of carbonyl (C=O) groups is 2. The molecule has 28 heavy (non-hydrogen) atoms. The monoisotopic (exact) mass is 378 g/mol. The summed E-state index contributed by atoms with van der Waals surface area (Å²) < 4.78 is 1.67. The number of likely N-dealkylation sites (tertiary alicyclic amines) is 1. The first kappa shape index (κ1) is 18.2. The van der Waals surface area contributed by atoms with E-state index in [1.54, 1.807) is 17.8 Å². The zero-order valence-corrected chi connectivity index (χ0v) is 15.9. The molecular formula is C21H22N4O3. The summed E-state index contributed by atoms with van der Waals surface area (Å²) in [4.78, 5) is 31.4. The Balaban J connectivity index is 1.89. The van der Waals surface area contributed by atoms with Crippen molar-refractivity contribution in [2.75, 3.05) is 6.54 Å². The Morgan fingerprint density at radius 3 is 2.64 bits per heavy atom. The molecule has 0 bridgehead atoms. The first-order valence-corrected chi connectivity index (χ1v) is 9.41. The van der Waals surface area contributed by atoms with E-state index in [0.29, 0.717) is 41.0 Å². The van der Waals surface area contributed by atoms with Crippen LogP contribution >= 0.6 is 0 Å². The molecule has 1 atom stereocenters. The number of aryl methyl sites for hydroxylation is 2. The van der Waals surface area contributed by atoms with Crippen molar-refractivity contribution in [1.29, 1.82) is 0 Å². The van der Waals surface area contributed by atoms with Crippen molar-refractivity contribution in [1.82, 2.24) is 19.7 Å². The van der Waals surface area contributed by atoms with Gasteiger partial charge in [-0.2, -0.15) is 5.10 Å². The number of carboxylic acids is 1. The van der Waals surface area contributed by atoms with Crippen LogP contribution in [0, 0.1) is 6.92 Å². The maximum Gasteiger partial charge on any atom is 0.326 e. The summed E-state index contributed by atoms with van der Waals surface area (Å²) in [6.45, 7) is 2.29. The first-order chi connectivity index (χ1) is 13.5. The Bertz CT molecular complexity index is 1060. The Morgan fingerprint density at radius 2 is 1.93 bits per heavy atom. The topological polar surface area (TPSA) is 88.3 Å². The molecule has 1 fully saturated rings. The maximum absolute atomic E-state index is 13.5. The number of carbonyl (C=O) groups excluding carboxylic acids is 1. The number of fused-ring (bicyclic) bond motifs is 1. The maximum atomic E-state index is 13.5. The number of rotatable bonds is 3. The summed E-state index contributed by atoms with van der Waals surface area (Å²) in [6.07, 6.45) is 2.10. The van der Waals surface area contributed by atoms with Gasteiger partial charge in [0.25, 0.3) is 5.91 Å². The third-order valence-electron chi connectivity index (χ3n) is 5.32. The van der Waals surface area contributed by atoms with E-state index in [1.165, 1.54) is 4.90 Å². The second kappa shape index (κ2) is 7.07. The molecule has 4 rings (SSSR count). The summed E-state index contributed by atoms with van der Waals surface area (Å²) in [5.74, 6) is -1.22. The lowest BCUT2D eigenvalue weighted by Crippen LogP contribution is -2.48. The van der Waals surface area contributed by atoms with Crippen LogP contribution in [0.3, 0.4) is 0 Å². The van der Waals surface area contributed by atoms with E-state index in [-0.39, 0.29) is 5.91 Å². The van der Waals surface area contributed by atoms with Gasteiger partial charge in [-0.1, -0.05) is 30.3 Å². The van der Waals surface area contributed by atoms with E-state index in [2.05, 4.69) is 5.10 Å². The average Bonchev–Trinajstić information content (AvgIpc) is 3.01. The SMILES string of the molecule is Cc1nn(C)c2nc(-c3ccccc3)cc(C(=O)N3CCCCC3C(=O)O)c12. The van der Waals surface area contributed by atoms with Gasteiger partial charge >= 0.3 is 5.97 Å². The number of piperidine rings is 1. The molecule has 0 saturated carbocycles. The smallest absolute Gasteiger partial charge is 0.326 e. The zero-order chi connectivity index (χ0) is 19.8. The fraction of sp³-hybridized carbons (Fsp3) is 0.333. The Morgan fingerprint density at radius 1 is 1.18 bits per heavy atom. The predicted molar refractivity (Wildman–Crippen MR) is 105 cm³/mol. The molecule has 144 valence electrons. The minimum atomic E-state index is -0.954. The second-order valence-electron chi connectivity index (χ2n) is 7.18. The number of aliphatic carboxylic acids is 1. The molecule has 1 unspecified atom stereocenters. The van der Waals surface area contributed by atoms with Crippen LogP contribution in [0.25, 0.3) is 22.3 Å². The largest absolute Gasteiger partial charge is 0.480 e. The molecule has 1 saturated heterocycles. The summed E-state index contributed by atoms with van der Waals surface area (Å²) in [5.41, 5.74) is 3.35. The molecule has 0 spiro atoms. The van der Waals surface area contributed by atoms with Gasteiger partial charge in [0.15, 0.2) is 5.65 Å². The number of benzene rings is 1. The van der Waals surface area contributed by atoms with E-state index >= 15 is 0 Å². The van der Waals surface area contributed by atoms with Crippen molar-refractivity contribution in [3.8, 4) is 11.3 Å². The highest BCUT2D eigenvalue weighted by molar-refractivity contribution is 6.08. The predicted octanol–water partition coefficient (Wildman–Crippen LogP) is 3.02. The Kier molecular flexibility index (Phi) is 4.58. The summed E-state index contributed by atoms with van der Waals surface area (Å²) in [7, 11) is 1.80. The van der Waals surface area contributed by atoms with Crippen LogP contribution in [0.5, 0.6) is 0 Å². The third kappa shape index (κ3) is 3.02. The van der Waals surface area contributed by atoms with Crippen LogP contribution in [-0.4, -0.2) is 49.2 Å². The number of amides is 1. The number of hydrogen-bond acceptors (Lipinski definition) is 4. The molecule has 2 aromatic heterocycles. The van der Waals surface area contributed by atoms with Gasteiger partial charge in [0.1, 0.15) is 6.04 Å². The summed E-state index contributed by atoms with van der Waals surface area (Å²) >= 11 is 0. The van der Waals surface area contributed by atoms with Gasteiger partial charge in [0.05, 0.1) is 22.3 Å². The molecule has 3 aromatic rings. The number of carboxylic acid groups (broad SMARTS) is 1. The molecule has 3 heterocycles. The van der Waals surface area contributed by atoms with E-state index in [1.807, 2.05) is 37.3 Å². The van der Waals surface area contributed by atoms with E-state index < -0.39 is 12.0 Å². The third-order valence-corrected chi connectivity index (χ3v) is 5.32. The van der Waals surface area contributed by atoms with Gasteiger partial charge in [-0.05, 0) is 32.3 Å². The minimum absolute atomic E-state index is 0.271. The standard InChI is InChI=1S/C21H22N4O3/c1-13-18-15(20(26)25-11-7-6-10-17(25)21(27)28)12-16(14-8-4-3-5-9-14)22-19(18)24(2)23-13/h3-5,8-9,12,17H,6-7,10-11H2,1-2H3,(H,27,28). The van der Waals surface area contributed by atoms with Gasteiger partial charge in [0.2, 0.25) is 0 Å². The molecular weight excluding hydrogens is 356 g/mol. The van der Waals surface area contributed by atoms with Gasteiger partial charge in [-0.15, -0.1) is 0 Å². The van der Waals surface area contributed by atoms with Crippen molar-refractivity contribution in [2.24, 2.45) is 7.05 Å². The van der Waals surface area contributed by atoms with Gasteiger partial charge in [-0.3, -0.25) is 9.48 Å². The van der Waals surface area contributed by atoms with Crippen LogP contribution in [0.2, 0.25) is 0 Å². The number of hydrogen-bond donors (Lipinski definition) is 1.